The summed E-state index contributed by atoms with van der Waals surface area (Å²) in [4.78, 5) is 9.97. The van der Waals surface area contributed by atoms with Crippen LogP contribution in [0.2, 0.25) is 0 Å². The van der Waals surface area contributed by atoms with Crippen LogP contribution in [0.15, 0.2) is 30.5 Å². The summed E-state index contributed by atoms with van der Waals surface area (Å²) in [6.07, 6.45) is 4.83. The van der Waals surface area contributed by atoms with Crippen LogP contribution >= 0.6 is 0 Å². The van der Waals surface area contributed by atoms with E-state index in [1.165, 1.54) is 27.6 Å². The third kappa shape index (κ3) is 2.43. The van der Waals surface area contributed by atoms with E-state index in [0.717, 1.165) is 35.2 Å². The first-order chi connectivity index (χ1) is 14.1. The van der Waals surface area contributed by atoms with Crippen molar-refractivity contribution in [2.45, 2.75) is 77.4 Å². The minimum absolute atomic E-state index is 0.00366. The highest BCUT2D eigenvalue weighted by Gasteiger charge is 2.38. The van der Waals surface area contributed by atoms with Gasteiger partial charge in [0.2, 0.25) is 0 Å². The maximum atomic E-state index is 6.20. The molecule has 2 aliphatic heterocycles. The fraction of sp³-hybridized carbons (Fsp3) is 0.462. The zero-order valence-electron chi connectivity index (χ0n) is 18.7. The number of hydrogen-bond donors (Lipinski definition) is 0. The summed E-state index contributed by atoms with van der Waals surface area (Å²) in [5.74, 6) is 0. The van der Waals surface area contributed by atoms with Gasteiger partial charge < -0.3 is 4.74 Å². The summed E-state index contributed by atoms with van der Waals surface area (Å²) in [5, 5.41) is 2.48. The number of fused-ring (bicyclic) bond motifs is 10. The minimum Gasteiger partial charge on any atom is -0.366 e. The first kappa shape index (κ1) is 18.3. The summed E-state index contributed by atoms with van der Waals surface area (Å²) in [7, 11) is 0. The predicted molar refractivity (Wildman–Crippen MR) is 121 cm³/mol. The average Bonchev–Trinajstić information content (AvgIpc) is 3.37. The number of aromatic nitrogens is 3. The summed E-state index contributed by atoms with van der Waals surface area (Å²) in [5.41, 5.74) is 8.21. The Hall–Kier alpha value is -2.46. The van der Waals surface area contributed by atoms with Gasteiger partial charge in [0, 0.05) is 27.6 Å². The molecule has 154 valence electrons. The zero-order valence-corrected chi connectivity index (χ0v) is 18.7. The molecule has 4 nitrogen and oxygen atoms in total. The van der Waals surface area contributed by atoms with Crippen LogP contribution in [-0.4, -0.2) is 14.4 Å². The van der Waals surface area contributed by atoms with Crippen molar-refractivity contribution in [2.75, 3.05) is 0 Å². The Balaban J connectivity index is 1.74. The van der Waals surface area contributed by atoms with Crippen LogP contribution in [0.4, 0.5) is 0 Å². The molecule has 5 heterocycles. The lowest BCUT2D eigenvalue weighted by Crippen LogP contribution is -2.17. The Morgan fingerprint density at radius 1 is 0.900 bits per heavy atom. The monoisotopic (exact) mass is 399 g/mol. The Morgan fingerprint density at radius 2 is 1.60 bits per heavy atom. The van der Waals surface area contributed by atoms with E-state index in [2.05, 4.69) is 70.2 Å². The second kappa shape index (κ2) is 5.61. The molecule has 1 fully saturated rings. The summed E-state index contributed by atoms with van der Waals surface area (Å²) in [6.45, 7) is 13.4. The Bertz CT molecular complexity index is 1350. The van der Waals surface area contributed by atoms with E-state index in [0.29, 0.717) is 0 Å². The molecule has 0 aliphatic carbocycles. The van der Waals surface area contributed by atoms with Crippen LogP contribution < -0.4 is 0 Å². The van der Waals surface area contributed by atoms with Crippen molar-refractivity contribution in [1.82, 2.24) is 14.4 Å². The molecule has 4 aromatic rings. The van der Waals surface area contributed by atoms with Crippen molar-refractivity contribution in [1.29, 1.82) is 0 Å². The molecule has 6 rings (SSSR count). The molecule has 2 unspecified atom stereocenters. The molecule has 3 aromatic heterocycles. The van der Waals surface area contributed by atoms with Crippen molar-refractivity contribution in [3.05, 3.63) is 53.0 Å². The first-order valence-corrected chi connectivity index (χ1v) is 11.1. The molecule has 0 spiro atoms. The highest BCUT2D eigenvalue weighted by atomic mass is 16.5. The minimum atomic E-state index is -0.0166. The standard InChI is InChI=1S/C26H29N3O/c1-25(2,3)22-12-18-19(13-27-22)29-23(26(4,5)6)10-14-9-16-17(11-15(14)24(29)28-18)21-8-7-20(16)30-21/h9-13,20-21H,7-8H2,1-6H3. The molecule has 0 N–H and O–H groups in total. The number of pyridine rings is 2. The van der Waals surface area contributed by atoms with E-state index in [4.69, 9.17) is 14.7 Å². The van der Waals surface area contributed by atoms with Crippen LogP contribution in [0, 0.1) is 0 Å². The molecule has 0 radical (unpaired) electrons. The van der Waals surface area contributed by atoms with Crippen molar-refractivity contribution in [3.8, 4) is 0 Å². The van der Waals surface area contributed by atoms with E-state index < -0.39 is 0 Å². The molecule has 4 heteroatoms. The van der Waals surface area contributed by atoms with Gasteiger partial charge in [0.05, 0.1) is 29.4 Å². The van der Waals surface area contributed by atoms with E-state index >= 15 is 0 Å². The summed E-state index contributed by atoms with van der Waals surface area (Å²) < 4.78 is 8.53. The number of imidazole rings is 1. The predicted octanol–water partition coefficient (Wildman–Crippen LogP) is 6.54. The highest BCUT2D eigenvalue weighted by molar-refractivity contribution is 6.00. The third-order valence-corrected chi connectivity index (χ3v) is 6.82. The third-order valence-electron chi connectivity index (χ3n) is 6.82. The van der Waals surface area contributed by atoms with Gasteiger partial charge in [0.15, 0.2) is 0 Å². The lowest BCUT2D eigenvalue weighted by Gasteiger charge is -2.23. The number of nitrogens with zero attached hydrogens (tertiary/aromatic N) is 3. The van der Waals surface area contributed by atoms with Gasteiger partial charge in [-0.2, -0.15) is 0 Å². The largest absolute Gasteiger partial charge is 0.366 e. The fourth-order valence-electron chi connectivity index (χ4n) is 5.19. The molecule has 2 atom stereocenters. The lowest BCUT2D eigenvalue weighted by molar-refractivity contribution is 0.0717. The molecular weight excluding hydrogens is 370 g/mol. The van der Waals surface area contributed by atoms with Crippen molar-refractivity contribution in [3.63, 3.8) is 0 Å². The van der Waals surface area contributed by atoms with Gasteiger partial charge >= 0.3 is 0 Å². The SMILES string of the molecule is CC(C)(C)c1cc2nc3c4cc5c(cc4cc(C(C)(C)C)n3c2cn1)C1CCC5O1. The van der Waals surface area contributed by atoms with Crippen LogP contribution in [0.1, 0.15) is 89.1 Å². The molecule has 0 amide bonds. The van der Waals surface area contributed by atoms with Gasteiger partial charge in [0.25, 0.3) is 0 Å². The van der Waals surface area contributed by atoms with Gasteiger partial charge in [-0.3, -0.25) is 9.38 Å². The molecule has 1 aromatic carbocycles. The van der Waals surface area contributed by atoms with Crippen molar-refractivity contribution < 1.29 is 4.74 Å². The maximum Gasteiger partial charge on any atom is 0.146 e. The van der Waals surface area contributed by atoms with Gasteiger partial charge in [-0.15, -0.1) is 0 Å². The van der Waals surface area contributed by atoms with Crippen LogP contribution in [0.25, 0.3) is 27.5 Å². The Morgan fingerprint density at radius 3 is 2.27 bits per heavy atom. The quantitative estimate of drug-likeness (QED) is 0.337. The van der Waals surface area contributed by atoms with Gasteiger partial charge in [0.1, 0.15) is 5.65 Å². The molecule has 2 aliphatic rings. The van der Waals surface area contributed by atoms with E-state index in [-0.39, 0.29) is 23.0 Å². The zero-order chi connectivity index (χ0) is 21.0. The maximum absolute atomic E-state index is 6.20. The normalized spacial score (nSPS) is 21.3. The van der Waals surface area contributed by atoms with E-state index in [1.807, 2.05) is 6.20 Å². The Kier molecular flexibility index (Phi) is 3.43. The van der Waals surface area contributed by atoms with E-state index in [1.54, 1.807) is 0 Å². The number of ether oxygens (including phenoxy) is 1. The number of hydrogen-bond acceptors (Lipinski definition) is 3. The number of benzene rings is 1. The van der Waals surface area contributed by atoms with Gasteiger partial charge in [-0.05, 0) is 53.6 Å². The molecular formula is C26H29N3O. The smallest absolute Gasteiger partial charge is 0.146 e. The topological polar surface area (TPSA) is 39.4 Å². The summed E-state index contributed by atoms with van der Waals surface area (Å²) in [6, 6.07) is 9.23. The van der Waals surface area contributed by atoms with Gasteiger partial charge in [-0.1, -0.05) is 41.5 Å². The van der Waals surface area contributed by atoms with Crippen molar-refractivity contribution >= 4 is 27.5 Å². The first-order valence-electron chi connectivity index (χ1n) is 11.1. The number of rotatable bonds is 0. The average molecular weight is 400 g/mol. The molecule has 30 heavy (non-hydrogen) atoms. The van der Waals surface area contributed by atoms with Crippen LogP contribution in [0.3, 0.4) is 0 Å². The second-order valence-electron chi connectivity index (χ2n) is 11.1. The second-order valence-corrected chi connectivity index (χ2v) is 11.1. The van der Waals surface area contributed by atoms with E-state index in [9.17, 15) is 0 Å². The molecule has 2 bridgehead atoms. The van der Waals surface area contributed by atoms with Crippen molar-refractivity contribution in [2.24, 2.45) is 0 Å². The Labute approximate surface area is 177 Å². The summed E-state index contributed by atoms with van der Waals surface area (Å²) >= 11 is 0. The fourth-order valence-corrected chi connectivity index (χ4v) is 5.19. The highest BCUT2D eigenvalue weighted by Crippen LogP contribution is 2.52. The van der Waals surface area contributed by atoms with Crippen LogP contribution in [0.5, 0.6) is 0 Å². The van der Waals surface area contributed by atoms with Gasteiger partial charge in [-0.25, -0.2) is 4.98 Å². The lowest BCUT2D eigenvalue weighted by atomic mass is 9.87. The van der Waals surface area contributed by atoms with Crippen LogP contribution in [-0.2, 0) is 15.6 Å². The molecule has 1 saturated heterocycles. The molecule has 0 saturated carbocycles.